The molecule has 0 radical (unpaired) electrons. The third-order valence-electron chi connectivity index (χ3n) is 2.94. The molecular formula is C16H18N2O4. The molecule has 0 saturated heterocycles. The Morgan fingerprint density at radius 2 is 1.95 bits per heavy atom. The summed E-state index contributed by atoms with van der Waals surface area (Å²) >= 11 is 0. The van der Waals surface area contributed by atoms with E-state index in [1.807, 2.05) is 0 Å². The molecule has 116 valence electrons. The Morgan fingerprint density at radius 1 is 1.18 bits per heavy atom. The summed E-state index contributed by atoms with van der Waals surface area (Å²) in [5, 5.41) is 0. The van der Waals surface area contributed by atoms with Gasteiger partial charge in [-0.3, -0.25) is 0 Å². The number of methoxy groups -OCH3 is 2. The number of aryl methyl sites for hydroxylation is 1. The van der Waals surface area contributed by atoms with Gasteiger partial charge in [-0.15, -0.1) is 0 Å². The van der Waals surface area contributed by atoms with Crippen LogP contribution in [0.5, 0.6) is 17.6 Å². The van der Waals surface area contributed by atoms with Gasteiger partial charge < -0.3 is 14.2 Å². The summed E-state index contributed by atoms with van der Waals surface area (Å²) in [6, 6.07) is 8.67. The molecule has 1 aromatic carbocycles. The number of rotatable bonds is 6. The fourth-order valence-electron chi connectivity index (χ4n) is 1.92. The zero-order valence-corrected chi connectivity index (χ0v) is 12.8. The molecule has 0 atom stereocenters. The van der Waals surface area contributed by atoms with Crippen LogP contribution in [0.15, 0.2) is 30.3 Å². The van der Waals surface area contributed by atoms with Crippen molar-refractivity contribution in [1.29, 1.82) is 0 Å². The molecular weight excluding hydrogens is 284 g/mol. The molecule has 6 heteroatoms. The molecule has 1 aromatic heterocycles. The number of para-hydroxylation sites is 1. The Balaban J connectivity index is 2.34. The Morgan fingerprint density at radius 3 is 2.64 bits per heavy atom. The normalized spacial score (nSPS) is 10.1. The molecule has 0 bridgehead atoms. The molecule has 0 spiro atoms. The summed E-state index contributed by atoms with van der Waals surface area (Å²) in [6.45, 7) is 2.06. The lowest BCUT2D eigenvalue weighted by Gasteiger charge is -2.10. The van der Waals surface area contributed by atoms with Crippen LogP contribution >= 0.6 is 0 Å². The van der Waals surface area contributed by atoms with Gasteiger partial charge in [0.2, 0.25) is 5.88 Å². The van der Waals surface area contributed by atoms with Gasteiger partial charge in [-0.05, 0) is 18.6 Å². The van der Waals surface area contributed by atoms with Crippen molar-refractivity contribution in [2.45, 2.75) is 19.8 Å². The first-order chi connectivity index (χ1) is 10.7. The number of carbonyl (C=O) groups is 1. The Hall–Kier alpha value is -2.63. The van der Waals surface area contributed by atoms with E-state index in [2.05, 4.69) is 16.9 Å². The van der Waals surface area contributed by atoms with E-state index in [4.69, 9.17) is 14.2 Å². The first kappa shape index (κ1) is 15.8. The van der Waals surface area contributed by atoms with Gasteiger partial charge in [0.1, 0.15) is 11.3 Å². The topological polar surface area (TPSA) is 70.5 Å². The van der Waals surface area contributed by atoms with Crippen molar-refractivity contribution in [3.8, 4) is 17.6 Å². The van der Waals surface area contributed by atoms with E-state index in [1.165, 1.54) is 14.2 Å². The summed E-state index contributed by atoms with van der Waals surface area (Å²) in [5.74, 6) is 0.279. The van der Waals surface area contributed by atoms with E-state index in [1.54, 1.807) is 30.3 Å². The minimum absolute atomic E-state index is 0.138. The average Bonchev–Trinajstić information content (AvgIpc) is 2.54. The lowest BCUT2D eigenvalue weighted by Crippen LogP contribution is -2.05. The van der Waals surface area contributed by atoms with Crippen molar-refractivity contribution in [3.05, 3.63) is 41.6 Å². The summed E-state index contributed by atoms with van der Waals surface area (Å²) in [6.07, 6.45) is 1.73. The molecule has 0 aliphatic heterocycles. The molecule has 6 nitrogen and oxygen atoms in total. The second-order valence-corrected chi connectivity index (χ2v) is 4.52. The van der Waals surface area contributed by atoms with Crippen LogP contribution in [0.3, 0.4) is 0 Å². The van der Waals surface area contributed by atoms with Gasteiger partial charge in [0, 0.05) is 6.07 Å². The molecule has 0 saturated carbocycles. The van der Waals surface area contributed by atoms with Gasteiger partial charge in [-0.25, -0.2) is 4.79 Å². The number of benzene rings is 1. The molecule has 0 amide bonds. The summed E-state index contributed by atoms with van der Waals surface area (Å²) < 4.78 is 15.6. The third-order valence-corrected chi connectivity index (χ3v) is 2.94. The van der Waals surface area contributed by atoms with Crippen LogP contribution in [0.2, 0.25) is 0 Å². The number of esters is 1. The van der Waals surface area contributed by atoms with Crippen LogP contribution in [0.1, 0.15) is 29.4 Å². The number of ether oxygens (including phenoxy) is 3. The zero-order valence-electron chi connectivity index (χ0n) is 12.8. The second kappa shape index (κ2) is 7.40. The first-order valence-electron chi connectivity index (χ1n) is 6.95. The Labute approximate surface area is 129 Å². The quantitative estimate of drug-likeness (QED) is 0.764. The van der Waals surface area contributed by atoms with Crippen LogP contribution in [-0.2, 0) is 11.2 Å². The van der Waals surface area contributed by atoms with E-state index in [-0.39, 0.29) is 6.01 Å². The van der Waals surface area contributed by atoms with E-state index in [0.29, 0.717) is 17.2 Å². The van der Waals surface area contributed by atoms with E-state index < -0.39 is 5.97 Å². The van der Waals surface area contributed by atoms with Crippen molar-refractivity contribution in [2.75, 3.05) is 14.2 Å². The van der Waals surface area contributed by atoms with Gasteiger partial charge in [0.25, 0.3) is 0 Å². The molecule has 0 N–H and O–H groups in total. The van der Waals surface area contributed by atoms with E-state index in [0.717, 1.165) is 18.5 Å². The lowest BCUT2D eigenvalue weighted by molar-refractivity contribution is 0.0598. The van der Waals surface area contributed by atoms with Crippen molar-refractivity contribution in [3.63, 3.8) is 0 Å². The van der Waals surface area contributed by atoms with Gasteiger partial charge in [-0.1, -0.05) is 25.5 Å². The lowest BCUT2D eigenvalue weighted by atomic mass is 10.2. The van der Waals surface area contributed by atoms with Crippen molar-refractivity contribution >= 4 is 5.97 Å². The molecule has 1 heterocycles. The molecule has 0 aliphatic carbocycles. The smallest absolute Gasteiger partial charge is 0.341 e. The minimum Gasteiger partial charge on any atom is -0.481 e. The number of hydrogen-bond acceptors (Lipinski definition) is 6. The van der Waals surface area contributed by atoms with Gasteiger partial charge in [0.05, 0.1) is 19.9 Å². The predicted octanol–water partition coefficient (Wildman–Crippen LogP) is 3.02. The largest absolute Gasteiger partial charge is 0.481 e. The molecule has 0 fully saturated rings. The number of hydrogen-bond donors (Lipinski definition) is 0. The molecule has 22 heavy (non-hydrogen) atoms. The van der Waals surface area contributed by atoms with Gasteiger partial charge in [0.15, 0.2) is 0 Å². The number of aromatic nitrogens is 2. The van der Waals surface area contributed by atoms with Crippen molar-refractivity contribution < 1.29 is 19.0 Å². The Kier molecular flexibility index (Phi) is 5.30. The standard InChI is InChI=1S/C16H18N2O4/c1-4-7-11-10-14(20-2)18-16(17-11)22-13-9-6-5-8-12(13)15(19)21-3/h5-6,8-10H,4,7H2,1-3H3. The average molecular weight is 302 g/mol. The zero-order chi connectivity index (χ0) is 15.9. The van der Waals surface area contributed by atoms with Gasteiger partial charge >= 0.3 is 12.0 Å². The van der Waals surface area contributed by atoms with Crippen LogP contribution in [-0.4, -0.2) is 30.2 Å². The fourth-order valence-corrected chi connectivity index (χ4v) is 1.92. The van der Waals surface area contributed by atoms with Crippen molar-refractivity contribution in [1.82, 2.24) is 9.97 Å². The number of carbonyl (C=O) groups excluding carboxylic acids is 1. The fraction of sp³-hybridized carbons (Fsp3) is 0.312. The molecule has 2 aromatic rings. The Bertz CT molecular complexity index is 658. The predicted molar refractivity (Wildman–Crippen MR) is 80.4 cm³/mol. The highest BCUT2D eigenvalue weighted by atomic mass is 16.5. The van der Waals surface area contributed by atoms with Crippen LogP contribution in [0.25, 0.3) is 0 Å². The molecule has 2 rings (SSSR count). The highest BCUT2D eigenvalue weighted by Gasteiger charge is 2.15. The van der Waals surface area contributed by atoms with Crippen LogP contribution < -0.4 is 9.47 Å². The van der Waals surface area contributed by atoms with Crippen molar-refractivity contribution in [2.24, 2.45) is 0 Å². The maximum Gasteiger partial charge on any atom is 0.341 e. The van der Waals surface area contributed by atoms with E-state index >= 15 is 0 Å². The summed E-state index contributed by atoms with van der Waals surface area (Å²) in [4.78, 5) is 20.2. The first-order valence-corrected chi connectivity index (χ1v) is 6.95. The molecule has 0 aliphatic rings. The van der Waals surface area contributed by atoms with Crippen LogP contribution in [0, 0.1) is 0 Å². The number of nitrogens with zero attached hydrogens (tertiary/aromatic N) is 2. The third kappa shape index (κ3) is 3.72. The summed E-state index contributed by atoms with van der Waals surface area (Å²) in [7, 11) is 2.85. The monoisotopic (exact) mass is 302 g/mol. The summed E-state index contributed by atoms with van der Waals surface area (Å²) in [5.41, 5.74) is 1.13. The highest BCUT2D eigenvalue weighted by Crippen LogP contribution is 2.25. The second-order valence-electron chi connectivity index (χ2n) is 4.52. The SMILES string of the molecule is CCCc1cc(OC)nc(Oc2ccccc2C(=O)OC)n1. The minimum atomic E-state index is -0.479. The maximum absolute atomic E-state index is 11.7. The highest BCUT2D eigenvalue weighted by molar-refractivity contribution is 5.92. The molecule has 0 unspecified atom stereocenters. The maximum atomic E-state index is 11.7. The van der Waals surface area contributed by atoms with Gasteiger partial charge in [-0.2, -0.15) is 9.97 Å². The van der Waals surface area contributed by atoms with E-state index in [9.17, 15) is 4.79 Å². The van der Waals surface area contributed by atoms with Crippen LogP contribution in [0.4, 0.5) is 0 Å².